The summed E-state index contributed by atoms with van der Waals surface area (Å²) in [7, 11) is 0. The Hall–Kier alpha value is -0.120. The van der Waals surface area contributed by atoms with Gasteiger partial charge in [-0.3, -0.25) is 4.90 Å². The van der Waals surface area contributed by atoms with Gasteiger partial charge in [0.15, 0.2) is 0 Å². The topological polar surface area (TPSA) is 35.5 Å². The lowest BCUT2D eigenvalue weighted by Gasteiger charge is -2.28. The first-order chi connectivity index (χ1) is 7.65. The zero-order valence-corrected chi connectivity index (χ0v) is 10.7. The zero-order valence-electron chi connectivity index (χ0n) is 10.7. The lowest BCUT2D eigenvalue weighted by molar-refractivity contribution is 0.0913. The summed E-state index contributed by atoms with van der Waals surface area (Å²) in [6, 6.07) is 1.25. The SMILES string of the molecule is CC(C)N(CC(O)CNC1CC1)CC1CC1. The van der Waals surface area contributed by atoms with E-state index in [4.69, 9.17) is 0 Å². The van der Waals surface area contributed by atoms with E-state index in [-0.39, 0.29) is 6.10 Å². The van der Waals surface area contributed by atoms with Crippen LogP contribution in [-0.2, 0) is 0 Å². The molecule has 16 heavy (non-hydrogen) atoms. The smallest absolute Gasteiger partial charge is 0.0791 e. The second-order valence-corrected chi connectivity index (χ2v) is 5.83. The summed E-state index contributed by atoms with van der Waals surface area (Å²) in [5.41, 5.74) is 0. The first-order valence-corrected chi connectivity index (χ1v) is 6.80. The normalized spacial score (nSPS) is 23.1. The van der Waals surface area contributed by atoms with Crippen LogP contribution in [0.15, 0.2) is 0 Å². The number of hydrogen-bond donors (Lipinski definition) is 2. The minimum Gasteiger partial charge on any atom is -0.390 e. The molecular weight excluding hydrogens is 200 g/mol. The van der Waals surface area contributed by atoms with Crippen LogP contribution in [0.25, 0.3) is 0 Å². The molecule has 3 nitrogen and oxygen atoms in total. The molecule has 1 atom stereocenters. The van der Waals surface area contributed by atoms with E-state index in [0.29, 0.717) is 12.1 Å². The largest absolute Gasteiger partial charge is 0.390 e. The van der Waals surface area contributed by atoms with Gasteiger partial charge in [0.2, 0.25) is 0 Å². The fourth-order valence-corrected chi connectivity index (χ4v) is 2.05. The van der Waals surface area contributed by atoms with E-state index in [1.54, 1.807) is 0 Å². The molecule has 0 amide bonds. The van der Waals surface area contributed by atoms with Crippen LogP contribution in [0.2, 0.25) is 0 Å². The fraction of sp³-hybridized carbons (Fsp3) is 1.00. The van der Waals surface area contributed by atoms with E-state index in [1.165, 1.54) is 32.2 Å². The molecule has 0 aromatic heterocycles. The standard InChI is InChI=1S/C13H26N2O/c1-10(2)15(8-11-3-4-11)9-13(16)7-14-12-5-6-12/h10-14,16H,3-9H2,1-2H3. The molecule has 0 saturated heterocycles. The number of aliphatic hydroxyl groups excluding tert-OH is 1. The molecule has 94 valence electrons. The average molecular weight is 226 g/mol. The molecule has 0 radical (unpaired) electrons. The molecule has 0 spiro atoms. The van der Waals surface area contributed by atoms with Crippen LogP contribution in [0.1, 0.15) is 39.5 Å². The highest BCUT2D eigenvalue weighted by Crippen LogP contribution is 2.30. The summed E-state index contributed by atoms with van der Waals surface area (Å²) in [6.07, 6.45) is 5.16. The van der Waals surface area contributed by atoms with Crippen molar-refractivity contribution < 1.29 is 5.11 Å². The van der Waals surface area contributed by atoms with Crippen molar-refractivity contribution in [3.8, 4) is 0 Å². The van der Waals surface area contributed by atoms with Gasteiger partial charge >= 0.3 is 0 Å². The summed E-state index contributed by atoms with van der Waals surface area (Å²) in [5, 5.41) is 13.4. The third-order valence-corrected chi connectivity index (χ3v) is 3.58. The number of aliphatic hydroxyl groups is 1. The Balaban J connectivity index is 1.65. The summed E-state index contributed by atoms with van der Waals surface area (Å²) >= 11 is 0. The summed E-state index contributed by atoms with van der Waals surface area (Å²) in [5.74, 6) is 0.908. The molecule has 3 heteroatoms. The number of rotatable bonds is 8. The van der Waals surface area contributed by atoms with E-state index < -0.39 is 0 Å². The van der Waals surface area contributed by atoms with Gasteiger partial charge in [-0.2, -0.15) is 0 Å². The molecule has 0 bridgehead atoms. The van der Waals surface area contributed by atoms with E-state index >= 15 is 0 Å². The van der Waals surface area contributed by atoms with Crippen molar-refractivity contribution >= 4 is 0 Å². The molecule has 0 aromatic carbocycles. The van der Waals surface area contributed by atoms with E-state index in [9.17, 15) is 5.11 Å². The molecule has 0 aromatic rings. The maximum absolute atomic E-state index is 9.97. The monoisotopic (exact) mass is 226 g/mol. The fourth-order valence-electron chi connectivity index (χ4n) is 2.05. The molecule has 2 saturated carbocycles. The lowest BCUT2D eigenvalue weighted by Crippen LogP contribution is -2.42. The average Bonchev–Trinajstić information content (AvgIpc) is 3.09. The zero-order chi connectivity index (χ0) is 11.5. The van der Waals surface area contributed by atoms with Gasteiger partial charge in [0.05, 0.1) is 6.10 Å². The van der Waals surface area contributed by atoms with Gasteiger partial charge in [-0.15, -0.1) is 0 Å². The van der Waals surface area contributed by atoms with Gasteiger partial charge in [0.1, 0.15) is 0 Å². The molecule has 2 N–H and O–H groups in total. The molecule has 0 heterocycles. The minimum atomic E-state index is -0.207. The van der Waals surface area contributed by atoms with Crippen LogP contribution >= 0.6 is 0 Å². The van der Waals surface area contributed by atoms with Gasteiger partial charge in [-0.05, 0) is 45.4 Å². The number of nitrogens with one attached hydrogen (secondary N) is 1. The van der Waals surface area contributed by atoms with Gasteiger partial charge in [-0.1, -0.05) is 0 Å². The Morgan fingerprint density at radius 3 is 2.44 bits per heavy atom. The Kier molecular flexibility index (Phi) is 4.22. The third-order valence-electron chi connectivity index (χ3n) is 3.58. The predicted molar refractivity (Wildman–Crippen MR) is 66.5 cm³/mol. The van der Waals surface area contributed by atoms with Crippen molar-refractivity contribution in [3.05, 3.63) is 0 Å². The van der Waals surface area contributed by atoms with Crippen molar-refractivity contribution in [3.63, 3.8) is 0 Å². The highest BCUT2D eigenvalue weighted by Gasteiger charge is 2.27. The van der Waals surface area contributed by atoms with Crippen LogP contribution in [0.5, 0.6) is 0 Å². The van der Waals surface area contributed by atoms with Crippen molar-refractivity contribution in [1.82, 2.24) is 10.2 Å². The minimum absolute atomic E-state index is 0.207. The van der Waals surface area contributed by atoms with Crippen LogP contribution in [0.4, 0.5) is 0 Å². The van der Waals surface area contributed by atoms with Crippen molar-refractivity contribution in [1.29, 1.82) is 0 Å². The summed E-state index contributed by atoms with van der Waals surface area (Å²) in [6.45, 7) is 7.22. The van der Waals surface area contributed by atoms with Gasteiger partial charge in [0, 0.05) is 31.7 Å². The van der Waals surface area contributed by atoms with Crippen LogP contribution < -0.4 is 5.32 Å². The quantitative estimate of drug-likeness (QED) is 0.653. The Morgan fingerprint density at radius 2 is 1.94 bits per heavy atom. The number of hydrogen-bond acceptors (Lipinski definition) is 3. The first kappa shape index (κ1) is 12.3. The van der Waals surface area contributed by atoms with Gasteiger partial charge in [0.25, 0.3) is 0 Å². The maximum atomic E-state index is 9.97. The van der Waals surface area contributed by atoms with E-state index in [0.717, 1.165) is 19.0 Å². The highest BCUT2D eigenvalue weighted by atomic mass is 16.3. The molecule has 0 aliphatic heterocycles. The Bertz CT molecular complexity index is 212. The summed E-state index contributed by atoms with van der Waals surface area (Å²) < 4.78 is 0. The van der Waals surface area contributed by atoms with Crippen LogP contribution in [-0.4, -0.2) is 47.8 Å². The second-order valence-electron chi connectivity index (χ2n) is 5.83. The predicted octanol–water partition coefficient (Wildman–Crippen LogP) is 1.22. The maximum Gasteiger partial charge on any atom is 0.0791 e. The van der Waals surface area contributed by atoms with E-state index in [2.05, 4.69) is 24.1 Å². The molecular formula is C13H26N2O. The highest BCUT2D eigenvalue weighted by molar-refractivity contribution is 4.84. The molecule has 1 unspecified atom stereocenters. The summed E-state index contributed by atoms with van der Waals surface area (Å²) in [4.78, 5) is 2.43. The first-order valence-electron chi connectivity index (χ1n) is 6.80. The molecule has 2 aliphatic carbocycles. The lowest BCUT2D eigenvalue weighted by atomic mass is 10.2. The van der Waals surface area contributed by atoms with Crippen molar-refractivity contribution in [2.24, 2.45) is 5.92 Å². The van der Waals surface area contributed by atoms with Gasteiger partial charge in [-0.25, -0.2) is 0 Å². The Morgan fingerprint density at radius 1 is 1.25 bits per heavy atom. The van der Waals surface area contributed by atoms with Gasteiger partial charge < -0.3 is 10.4 Å². The third kappa shape index (κ3) is 4.40. The van der Waals surface area contributed by atoms with Crippen LogP contribution in [0.3, 0.4) is 0 Å². The van der Waals surface area contributed by atoms with Crippen molar-refractivity contribution in [2.45, 2.75) is 57.7 Å². The van der Waals surface area contributed by atoms with Crippen molar-refractivity contribution in [2.75, 3.05) is 19.6 Å². The second kappa shape index (κ2) is 5.48. The molecule has 2 fully saturated rings. The Labute approximate surface area is 99.2 Å². The molecule has 2 rings (SSSR count). The van der Waals surface area contributed by atoms with E-state index in [1.807, 2.05) is 0 Å². The van der Waals surface area contributed by atoms with Crippen LogP contribution in [0, 0.1) is 5.92 Å². The number of nitrogens with zero attached hydrogens (tertiary/aromatic N) is 1. The molecule has 2 aliphatic rings.